The normalized spacial score (nSPS) is 10.6. The monoisotopic (exact) mass is 241 g/mol. The van der Waals surface area contributed by atoms with Gasteiger partial charge in [0, 0.05) is 12.3 Å². The van der Waals surface area contributed by atoms with Gasteiger partial charge in [0.15, 0.2) is 0 Å². The molecule has 0 aromatic carbocycles. The Labute approximate surface area is 100 Å². The maximum absolute atomic E-state index is 5.46. The summed E-state index contributed by atoms with van der Waals surface area (Å²) in [6.07, 6.45) is 6.72. The van der Waals surface area contributed by atoms with Crippen molar-refractivity contribution in [3.63, 3.8) is 0 Å². The predicted molar refractivity (Wildman–Crippen MR) is 66.3 cm³/mol. The van der Waals surface area contributed by atoms with Crippen LogP contribution in [0.5, 0.6) is 0 Å². The standard InChI is InChI=1S/C10H19N5S/c1-2-3-4-5-6-9-16-10-12-13-14-15(10)8-7-11/h2H,1,3-9,11H2. The SMILES string of the molecule is C=CCCCCCSc1nnnn1CCN. The van der Waals surface area contributed by atoms with Gasteiger partial charge in [0.25, 0.3) is 0 Å². The number of allylic oxidation sites excluding steroid dienone is 1. The number of aromatic nitrogens is 4. The number of hydrogen-bond acceptors (Lipinski definition) is 5. The molecule has 0 aliphatic rings. The second-order valence-corrected chi connectivity index (χ2v) is 4.52. The van der Waals surface area contributed by atoms with E-state index in [1.807, 2.05) is 6.08 Å². The zero-order valence-electron chi connectivity index (χ0n) is 9.51. The molecule has 0 bridgehead atoms. The highest BCUT2D eigenvalue weighted by Gasteiger charge is 2.04. The molecule has 0 spiro atoms. The quantitative estimate of drug-likeness (QED) is 0.403. The van der Waals surface area contributed by atoms with E-state index in [4.69, 9.17) is 5.73 Å². The second-order valence-electron chi connectivity index (χ2n) is 3.46. The van der Waals surface area contributed by atoms with Crippen LogP contribution < -0.4 is 5.73 Å². The van der Waals surface area contributed by atoms with E-state index in [1.165, 1.54) is 19.3 Å². The lowest BCUT2D eigenvalue weighted by molar-refractivity contribution is 0.556. The number of tetrazole rings is 1. The Morgan fingerprint density at radius 2 is 2.25 bits per heavy atom. The fourth-order valence-corrected chi connectivity index (χ4v) is 2.20. The number of thioether (sulfide) groups is 1. The third-order valence-electron chi connectivity index (χ3n) is 2.12. The van der Waals surface area contributed by atoms with Crippen LogP contribution in [0.2, 0.25) is 0 Å². The first kappa shape index (κ1) is 13.2. The Kier molecular flexibility index (Phi) is 6.83. The molecular weight excluding hydrogens is 222 g/mol. The average molecular weight is 241 g/mol. The molecule has 0 unspecified atom stereocenters. The van der Waals surface area contributed by atoms with Crippen molar-refractivity contribution in [3.8, 4) is 0 Å². The molecule has 1 rings (SSSR count). The molecule has 0 radical (unpaired) electrons. The summed E-state index contributed by atoms with van der Waals surface area (Å²) >= 11 is 1.70. The van der Waals surface area contributed by atoms with E-state index in [0.29, 0.717) is 13.1 Å². The summed E-state index contributed by atoms with van der Waals surface area (Å²) in [6, 6.07) is 0. The van der Waals surface area contributed by atoms with Gasteiger partial charge in [0.1, 0.15) is 0 Å². The van der Waals surface area contributed by atoms with Crippen LogP contribution in [0.1, 0.15) is 25.7 Å². The molecule has 0 amide bonds. The van der Waals surface area contributed by atoms with Crippen molar-refractivity contribution < 1.29 is 0 Å². The topological polar surface area (TPSA) is 69.6 Å². The van der Waals surface area contributed by atoms with E-state index in [2.05, 4.69) is 22.1 Å². The van der Waals surface area contributed by atoms with Crippen LogP contribution in [0.3, 0.4) is 0 Å². The van der Waals surface area contributed by atoms with E-state index in [0.717, 1.165) is 17.3 Å². The van der Waals surface area contributed by atoms with Crippen LogP contribution in [-0.2, 0) is 6.54 Å². The summed E-state index contributed by atoms with van der Waals surface area (Å²) in [5, 5.41) is 12.3. The largest absolute Gasteiger partial charge is 0.329 e. The minimum absolute atomic E-state index is 0.567. The highest BCUT2D eigenvalue weighted by Crippen LogP contribution is 2.16. The molecule has 0 saturated carbocycles. The van der Waals surface area contributed by atoms with E-state index in [1.54, 1.807) is 16.4 Å². The Bertz CT molecular complexity index is 299. The molecule has 0 saturated heterocycles. The van der Waals surface area contributed by atoms with Crippen LogP contribution >= 0.6 is 11.8 Å². The molecule has 5 nitrogen and oxygen atoms in total. The molecule has 0 atom stereocenters. The molecule has 90 valence electrons. The summed E-state index contributed by atoms with van der Waals surface area (Å²) in [7, 11) is 0. The maximum Gasteiger partial charge on any atom is 0.209 e. The van der Waals surface area contributed by atoms with Crippen molar-refractivity contribution in [3.05, 3.63) is 12.7 Å². The minimum atomic E-state index is 0.567. The van der Waals surface area contributed by atoms with Crippen molar-refractivity contribution >= 4 is 11.8 Å². The van der Waals surface area contributed by atoms with Gasteiger partial charge >= 0.3 is 0 Å². The summed E-state index contributed by atoms with van der Waals surface area (Å²) in [5.74, 6) is 1.06. The molecule has 2 N–H and O–H groups in total. The summed E-state index contributed by atoms with van der Waals surface area (Å²) < 4.78 is 1.76. The fraction of sp³-hybridized carbons (Fsp3) is 0.700. The second kappa shape index (κ2) is 8.29. The van der Waals surface area contributed by atoms with Crippen molar-refractivity contribution in [2.45, 2.75) is 37.4 Å². The lowest BCUT2D eigenvalue weighted by Crippen LogP contribution is -2.12. The fourth-order valence-electron chi connectivity index (χ4n) is 1.29. The number of unbranched alkanes of at least 4 members (excludes halogenated alkanes) is 3. The molecule has 1 aromatic heterocycles. The Morgan fingerprint density at radius 1 is 1.38 bits per heavy atom. The van der Waals surface area contributed by atoms with Gasteiger partial charge in [-0.05, 0) is 29.7 Å². The molecule has 1 aromatic rings. The molecule has 0 fully saturated rings. The van der Waals surface area contributed by atoms with E-state index >= 15 is 0 Å². The summed E-state index contributed by atoms with van der Waals surface area (Å²) in [4.78, 5) is 0. The molecule has 0 aliphatic heterocycles. The zero-order chi connectivity index (χ0) is 11.6. The minimum Gasteiger partial charge on any atom is -0.329 e. The van der Waals surface area contributed by atoms with Gasteiger partial charge in [-0.2, -0.15) is 0 Å². The number of nitrogens with two attached hydrogens (primary N) is 1. The Hall–Kier alpha value is -0.880. The zero-order valence-corrected chi connectivity index (χ0v) is 10.3. The highest BCUT2D eigenvalue weighted by molar-refractivity contribution is 7.99. The van der Waals surface area contributed by atoms with Gasteiger partial charge in [-0.3, -0.25) is 0 Å². The molecule has 1 heterocycles. The van der Waals surface area contributed by atoms with Gasteiger partial charge in [-0.25, -0.2) is 4.68 Å². The first-order valence-corrected chi connectivity index (χ1v) is 6.57. The Balaban J connectivity index is 2.16. The van der Waals surface area contributed by atoms with Crippen molar-refractivity contribution in [2.75, 3.05) is 12.3 Å². The maximum atomic E-state index is 5.46. The van der Waals surface area contributed by atoms with Gasteiger partial charge in [-0.15, -0.1) is 11.7 Å². The Morgan fingerprint density at radius 3 is 3.00 bits per heavy atom. The lowest BCUT2D eigenvalue weighted by atomic mass is 10.2. The van der Waals surface area contributed by atoms with Crippen molar-refractivity contribution in [1.29, 1.82) is 0 Å². The number of rotatable bonds is 9. The van der Waals surface area contributed by atoms with E-state index < -0.39 is 0 Å². The summed E-state index contributed by atoms with van der Waals surface area (Å²) in [6.45, 7) is 4.96. The van der Waals surface area contributed by atoms with Gasteiger partial charge < -0.3 is 5.73 Å². The van der Waals surface area contributed by atoms with Crippen molar-refractivity contribution in [2.24, 2.45) is 5.73 Å². The number of hydrogen-bond donors (Lipinski definition) is 1. The smallest absolute Gasteiger partial charge is 0.209 e. The van der Waals surface area contributed by atoms with Gasteiger partial charge in [-0.1, -0.05) is 24.3 Å². The first-order valence-electron chi connectivity index (χ1n) is 5.58. The van der Waals surface area contributed by atoms with Crippen LogP contribution in [-0.4, -0.2) is 32.5 Å². The number of nitrogens with zero attached hydrogens (tertiary/aromatic N) is 4. The van der Waals surface area contributed by atoms with Crippen molar-refractivity contribution in [1.82, 2.24) is 20.2 Å². The first-order chi connectivity index (χ1) is 7.88. The van der Waals surface area contributed by atoms with E-state index in [9.17, 15) is 0 Å². The van der Waals surface area contributed by atoms with E-state index in [-0.39, 0.29) is 0 Å². The van der Waals surface area contributed by atoms with Gasteiger partial charge in [0.2, 0.25) is 5.16 Å². The van der Waals surface area contributed by atoms with Crippen LogP contribution in [0.15, 0.2) is 17.8 Å². The molecule has 16 heavy (non-hydrogen) atoms. The van der Waals surface area contributed by atoms with Crippen LogP contribution in [0, 0.1) is 0 Å². The molecular formula is C10H19N5S. The molecule has 6 heteroatoms. The summed E-state index contributed by atoms with van der Waals surface area (Å²) in [5.41, 5.74) is 5.46. The third-order valence-corrected chi connectivity index (χ3v) is 3.17. The molecule has 0 aliphatic carbocycles. The average Bonchev–Trinajstić information content (AvgIpc) is 2.72. The highest BCUT2D eigenvalue weighted by atomic mass is 32.2. The lowest BCUT2D eigenvalue weighted by Gasteiger charge is -2.01. The van der Waals surface area contributed by atoms with Gasteiger partial charge in [0.05, 0.1) is 6.54 Å². The third kappa shape index (κ3) is 4.76. The predicted octanol–water partition coefficient (Wildman–Crippen LogP) is 1.47. The van der Waals surface area contributed by atoms with Crippen LogP contribution in [0.4, 0.5) is 0 Å². The van der Waals surface area contributed by atoms with Crippen LogP contribution in [0.25, 0.3) is 0 Å².